The first kappa shape index (κ1) is 45.5. The summed E-state index contributed by atoms with van der Waals surface area (Å²) < 4.78 is 45.1. The fourth-order valence-corrected chi connectivity index (χ4v) is 8.52. The fourth-order valence-electron chi connectivity index (χ4n) is 8.52. The minimum atomic E-state index is -1.24. The van der Waals surface area contributed by atoms with Crippen molar-refractivity contribution >= 4 is 0 Å². The summed E-state index contributed by atoms with van der Waals surface area (Å²) in [5, 5.41) is 31.0. The smallest absolute Gasteiger partial charge is 0.167 e. The molecule has 3 saturated heterocycles. The summed E-state index contributed by atoms with van der Waals surface area (Å²) in [4.78, 5) is 15.1. The van der Waals surface area contributed by atoms with Crippen molar-refractivity contribution in [2.24, 2.45) is 55.2 Å². The average Bonchev–Trinajstić information content (AvgIpc) is 3.53. The van der Waals surface area contributed by atoms with Gasteiger partial charge in [-0.3, -0.25) is 0 Å². The van der Waals surface area contributed by atoms with Crippen molar-refractivity contribution < 1.29 is 38.3 Å². The average molecular weight is 824 g/mol. The van der Waals surface area contributed by atoms with E-state index >= 15 is 0 Å². The van der Waals surface area contributed by atoms with Gasteiger partial charge in [0.2, 0.25) is 0 Å². The number of aliphatic hydroxyl groups is 1. The molecule has 4 fully saturated rings. The molecule has 0 spiro atoms. The van der Waals surface area contributed by atoms with E-state index in [-0.39, 0.29) is 38.0 Å². The summed E-state index contributed by atoms with van der Waals surface area (Å²) in [7, 11) is 0. The van der Waals surface area contributed by atoms with Gasteiger partial charge in [-0.2, -0.15) is 0 Å². The highest BCUT2D eigenvalue weighted by Crippen LogP contribution is 2.43. The molecule has 3 aliphatic heterocycles. The highest BCUT2D eigenvalue weighted by molar-refractivity contribution is 5.13. The van der Waals surface area contributed by atoms with Gasteiger partial charge in [-0.15, -0.1) is 0 Å². The molecule has 3 heterocycles. The topological polar surface area (TPSA) is 329 Å². The van der Waals surface area contributed by atoms with Gasteiger partial charge in [-0.25, -0.2) is 0 Å². The van der Waals surface area contributed by atoms with E-state index in [0.717, 1.165) is 5.56 Å². The van der Waals surface area contributed by atoms with Gasteiger partial charge < -0.3 is 38.3 Å². The largest absolute Gasteiger partial charge is 0.390 e. The summed E-state index contributed by atoms with van der Waals surface area (Å²) in [5.41, 5.74) is 48.1. The van der Waals surface area contributed by atoms with Crippen LogP contribution in [0.3, 0.4) is 0 Å². The van der Waals surface area contributed by atoms with Crippen molar-refractivity contribution in [3.63, 3.8) is 0 Å². The highest BCUT2D eigenvalue weighted by atomic mass is 16.7. The molecule has 0 amide bonds. The van der Waals surface area contributed by atoms with Gasteiger partial charge in [0.25, 0.3) is 0 Å². The van der Waals surface area contributed by atoms with Gasteiger partial charge in [-0.05, 0) is 69.7 Å². The number of aliphatic hydroxyl groups excluding tert-OH is 1. The van der Waals surface area contributed by atoms with Gasteiger partial charge in [0.15, 0.2) is 18.9 Å². The van der Waals surface area contributed by atoms with Crippen LogP contribution in [0.4, 0.5) is 0 Å². The van der Waals surface area contributed by atoms with Gasteiger partial charge in [0.05, 0.1) is 74.5 Å². The number of ether oxygens (including phenoxy) is 7. The van der Waals surface area contributed by atoms with Gasteiger partial charge in [0.1, 0.15) is 6.10 Å². The maximum absolute atomic E-state index is 11.3. The van der Waals surface area contributed by atoms with E-state index in [1.807, 2.05) is 65.0 Å². The van der Waals surface area contributed by atoms with E-state index in [4.69, 9.17) is 38.7 Å². The van der Waals surface area contributed by atoms with Crippen LogP contribution in [-0.4, -0.2) is 104 Å². The second-order valence-electron chi connectivity index (χ2n) is 15.7. The zero-order chi connectivity index (χ0) is 42.6. The maximum atomic E-state index is 11.3. The molecule has 5 rings (SSSR count). The standard InChI is InChI=1S/C36H53N15O8/c1-7-25-31(57-35-28(45-50-40)18(3)17(2)26(55-35)14-42-47-37)21(6)34(54-25)58-32-19(4)23(43-48-38)13-24(44-49-39)33(32)59-36-29(46-51-41)20(5)30(52)27(56-36)16-53-15-22-11-9-8-10-12-22/h8-12,17-21,23-36,52H,7,13-16H2,1-6H3. The Morgan fingerprint density at radius 1 is 0.627 bits per heavy atom. The van der Waals surface area contributed by atoms with Crippen LogP contribution >= 0.6 is 0 Å². The highest BCUT2D eigenvalue weighted by Gasteiger charge is 2.53. The molecule has 320 valence electrons. The zero-order valence-electron chi connectivity index (χ0n) is 33.9. The van der Waals surface area contributed by atoms with E-state index in [1.165, 1.54) is 0 Å². The minimum absolute atomic E-state index is 0.00851. The Morgan fingerprint density at radius 3 is 1.83 bits per heavy atom. The Labute approximate surface area is 341 Å². The number of hydrogen-bond acceptors (Lipinski definition) is 13. The minimum Gasteiger partial charge on any atom is -0.390 e. The van der Waals surface area contributed by atoms with Crippen LogP contribution in [0.5, 0.6) is 0 Å². The molecule has 0 bridgehead atoms. The molecule has 0 radical (unpaired) electrons. The third-order valence-electron chi connectivity index (χ3n) is 12.3. The van der Waals surface area contributed by atoms with Crippen LogP contribution in [0.25, 0.3) is 52.2 Å². The Bertz CT molecular complexity index is 1790. The maximum Gasteiger partial charge on any atom is 0.167 e. The van der Waals surface area contributed by atoms with E-state index in [0.29, 0.717) is 6.42 Å². The van der Waals surface area contributed by atoms with Crippen molar-refractivity contribution in [2.45, 2.75) is 147 Å². The molecule has 19 atom stereocenters. The lowest BCUT2D eigenvalue weighted by atomic mass is 9.78. The van der Waals surface area contributed by atoms with Gasteiger partial charge in [-0.1, -0.05) is 97.4 Å². The monoisotopic (exact) mass is 823 g/mol. The Balaban J connectivity index is 1.41. The van der Waals surface area contributed by atoms with E-state index in [2.05, 4.69) is 50.1 Å². The number of azide groups is 5. The molecule has 1 aromatic carbocycles. The fraction of sp³-hybridized carbons (Fsp3) is 0.833. The Morgan fingerprint density at radius 2 is 1.20 bits per heavy atom. The predicted molar refractivity (Wildman–Crippen MR) is 209 cm³/mol. The van der Waals surface area contributed by atoms with Crippen LogP contribution in [0.1, 0.15) is 59.9 Å². The van der Waals surface area contributed by atoms with Crippen LogP contribution in [0.2, 0.25) is 0 Å². The lowest BCUT2D eigenvalue weighted by Crippen LogP contribution is -2.60. The SMILES string of the molecule is CCC1OC(OC2C(C)C(N=[N+]=[N-])CC(N=[N+]=[N-])C2OC2OC(COCc3ccccc3)C(O)C(C)C2N=[N+]=[N-])C(C)C1OC1OC(CN=[N+]=[N-])C(C)C(C)C1N=[N+]=[N-]. The van der Waals surface area contributed by atoms with Crippen molar-refractivity contribution in [3.8, 4) is 0 Å². The summed E-state index contributed by atoms with van der Waals surface area (Å²) in [6.07, 6.45) is -8.13. The molecule has 4 aliphatic rings. The Hall–Kier alpha value is -4.55. The normalized spacial score (nSPS) is 40.6. The van der Waals surface area contributed by atoms with Crippen molar-refractivity contribution in [2.75, 3.05) is 13.2 Å². The molecular weight excluding hydrogens is 770 g/mol. The lowest BCUT2D eigenvalue weighted by molar-refractivity contribution is -0.299. The van der Waals surface area contributed by atoms with Crippen LogP contribution < -0.4 is 0 Å². The third-order valence-corrected chi connectivity index (χ3v) is 12.3. The lowest BCUT2D eigenvalue weighted by Gasteiger charge is -2.48. The molecule has 0 aromatic heterocycles. The first-order chi connectivity index (χ1) is 28.5. The molecule has 1 aliphatic carbocycles. The number of rotatable bonds is 17. The van der Waals surface area contributed by atoms with E-state index in [1.54, 1.807) is 6.92 Å². The van der Waals surface area contributed by atoms with Crippen LogP contribution in [0, 0.1) is 29.6 Å². The Kier molecular flexibility index (Phi) is 16.7. The molecule has 23 nitrogen and oxygen atoms in total. The zero-order valence-corrected chi connectivity index (χ0v) is 33.9. The van der Waals surface area contributed by atoms with Crippen LogP contribution in [0.15, 0.2) is 55.9 Å². The van der Waals surface area contributed by atoms with Crippen molar-refractivity contribution in [1.82, 2.24) is 0 Å². The van der Waals surface area contributed by atoms with Gasteiger partial charge >= 0.3 is 0 Å². The molecular formula is C36H53N15O8. The second kappa shape index (κ2) is 21.6. The molecule has 1 aromatic rings. The predicted octanol–water partition coefficient (Wildman–Crippen LogP) is 7.91. The summed E-state index contributed by atoms with van der Waals surface area (Å²) in [5.74, 6) is -1.92. The first-order valence-corrected chi connectivity index (χ1v) is 19.9. The molecule has 19 unspecified atom stereocenters. The quantitative estimate of drug-likeness (QED) is 0.0911. The summed E-state index contributed by atoms with van der Waals surface area (Å²) >= 11 is 0. The number of benzene rings is 1. The molecule has 1 saturated carbocycles. The summed E-state index contributed by atoms with van der Waals surface area (Å²) in [6, 6.07) is 6.18. The van der Waals surface area contributed by atoms with Crippen LogP contribution in [-0.2, 0) is 39.8 Å². The van der Waals surface area contributed by atoms with Crippen molar-refractivity contribution in [3.05, 3.63) is 88.1 Å². The van der Waals surface area contributed by atoms with E-state index in [9.17, 15) is 27.2 Å². The first-order valence-electron chi connectivity index (χ1n) is 19.9. The molecule has 23 heteroatoms. The van der Waals surface area contributed by atoms with Gasteiger partial charge in [0, 0.05) is 36.5 Å². The number of nitrogens with zero attached hydrogens (tertiary/aromatic N) is 15. The third kappa shape index (κ3) is 10.6. The molecule has 59 heavy (non-hydrogen) atoms. The second-order valence-corrected chi connectivity index (χ2v) is 15.7. The summed E-state index contributed by atoms with van der Waals surface area (Å²) in [6.45, 7) is 11.5. The number of hydrogen-bond donors (Lipinski definition) is 1. The van der Waals surface area contributed by atoms with E-state index < -0.39 is 104 Å². The van der Waals surface area contributed by atoms with Crippen molar-refractivity contribution in [1.29, 1.82) is 0 Å². The molecule has 1 N–H and O–H groups in total.